The Labute approximate surface area is 114 Å². The van der Waals surface area contributed by atoms with E-state index in [9.17, 15) is 0 Å². The van der Waals surface area contributed by atoms with E-state index in [0.29, 0.717) is 0 Å². The minimum atomic E-state index is 0.778. The van der Waals surface area contributed by atoms with Crippen LogP contribution in [-0.2, 0) is 0 Å². The molecule has 0 aliphatic carbocycles. The molecule has 2 unspecified atom stereocenters. The lowest BCUT2D eigenvalue weighted by Crippen LogP contribution is -2.32. The van der Waals surface area contributed by atoms with Gasteiger partial charge < -0.3 is 15.5 Å². The summed E-state index contributed by atoms with van der Waals surface area (Å²) < 4.78 is 0. The Balaban J connectivity index is 2.13. The quantitative estimate of drug-likeness (QED) is 0.685. The smallest absolute Gasteiger partial charge is 0.0229 e. The zero-order valence-corrected chi connectivity index (χ0v) is 12.7. The molecular formula is C15H33N3. The molecule has 1 saturated heterocycles. The molecule has 108 valence electrons. The van der Waals surface area contributed by atoms with E-state index in [2.05, 4.69) is 30.8 Å². The van der Waals surface area contributed by atoms with Crippen molar-refractivity contribution in [2.45, 2.75) is 51.5 Å². The molecule has 0 aromatic heterocycles. The maximum atomic E-state index is 5.69. The number of hydrogen-bond donors (Lipinski definition) is 1. The molecule has 0 saturated carbocycles. The van der Waals surface area contributed by atoms with Crippen molar-refractivity contribution < 1.29 is 0 Å². The number of nitrogens with two attached hydrogens (primary N) is 1. The fourth-order valence-electron chi connectivity index (χ4n) is 3.12. The highest BCUT2D eigenvalue weighted by Gasteiger charge is 2.23. The van der Waals surface area contributed by atoms with E-state index in [0.717, 1.165) is 18.5 Å². The zero-order valence-electron chi connectivity index (χ0n) is 12.7. The van der Waals surface area contributed by atoms with Gasteiger partial charge in [0.25, 0.3) is 0 Å². The molecule has 3 nitrogen and oxygen atoms in total. The van der Waals surface area contributed by atoms with E-state index < -0.39 is 0 Å². The summed E-state index contributed by atoms with van der Waals surface area (Å²) >= 11 is 0. The second kappa shape index (κ2) is 8.89. The van der Waals surface area contributed by atoms with Crippen molar-refractivity contribution in [1.82, 2.24) is 9.80 Å². The maximum Gasteiger partial charge on any atom is 0.0229 e. The zero-order chi connectivity index (χ0) is 13.4. The first-order valence-corrected chi connectivity index (χ1v) is 7.76. The highest BCUT2D eigenvalue weighted by atomic mass is 15.2. The first-order valence-electron chi connectivity index (χ1n) is 7.76. The molecule has 0 spiro atoms. The third-order valence-electron chi connectivity index (χ3n) is 4.34. The van der Waals surface area contributed by atoms with Crippen LogP contribution in [0.15, 0.2) is 0 Å². The van der Waals surface area contributed by atoms with Gasteiger partial charge in [-0.25, -0.2) is 0 Å². The summed E-state index contributed by atoms with van der Waals surface area (Å²) in [7, 11) is 4.40. The van der Waals surface area contributed by atoms with Gasteiger partial charge in [-0.2, -0.15) is 0 Å². The van der Waals surface area contributed by atoms with Crippen molar-refractivity contribution >= 4 is 0 Å². The number of rotatable bonds is 9. The molecule has 1 aliphatic rings. The average molecular weight is 255 g/mol. The lowest BCUT2D eigenvalue weighted by Gasteiger charge is -2.21. The minimum Gasteiger partial charge on any atom is -0.330 e. The van der Waals surface area contributed by atoms with E-state index in [1.165, 1.54) is 58.2 Å². The maximum absolute atomic E-state index is 5.69. The van der Waals surface area contributed by atoms with Crippen LogP contribution in [0.3, 0.4) is 0 Å². The van der Waals surface area contributed by atoms with Crippen LogP contribution in [0.5, 0.6) is 0 Å². The van der Waals surface area contributed by atoms with Gasteiger partial charge in [-0.3, -0.25) is 0 Å². The van der Waals surface area contributed by atoms with Crippen LogP contribution < -0.4 is 5.73 Å². The molecule has 18 heavy (non-hydrogen) atoms. The van der Waals surface area contributed by atoms with Gasteiger partial charge in [-0.05, 0) is 65.3 Å². The fourth-order valence-corrected chi connectivity index (χ4v) is 3.12. The molecule has 0 aromatic carbocycles. The predicted molar refractivity (Wildman–Crippen MR) is 79.8 cm³/mol. The second-order valence-electron chi connectivity index (χ2n) is 6.08. The lowest BCUT2D eigenvalue weighted by atomic mass is 9.94. The van der Waals surface area contributed by atoms with Crippen LogP contribution in [0.2, 0.25) is 0 Å². The third-order valence-corrected chi connectivity index (χ3v) is 4.34. The molecule has 1 heterocycles. The van der Waals surface area contributed by atoms with E-state index in [4.69, 9.17) is 5.73 Å². The van der Waals surface area contributed by atoms with Crippen molar-refractivity contribution in [3.05, 3.63) is 0 Å². The third kappa shape index (κ3) is 5.68. The molecule has 1 rings (SSSR count). The van der Waals surface area contributed by atoms with Gasteiger partial charge >= 0.3 is 0 Å². The molecule has 0 aromatic rings. The molecule has 2 N–H and O–H groups in total. The van der Waals surface area contributed by atoms with E-state index >= 15 is 0 Å². The number of nitrogens with zero attached hydrogens (tertiary/aromatic N) is 2. The molecule has 1 fully saturated rings. The topological polar surface area (TPSA) is 32.5 Å². The molecule has 1 aliphatic heterocycles. The Hall–Kier alpha value is -0.120. The van der Waals surface area contributed by atoms with Gasteiger partial charge in [0.2, 0.25) is 0 Å². The summed E-state index contributed by atoms with van der Waals surface area (Å²) in [5.74, 6) is 0.868. The standard InChI is InChI=1S/C15H33N3/c1-4-6-14(8-10-16)7-5-11-18-12-9-15(13-18)17(2)3/h14-15H,4-13,16H2,1-3H3. The van der Waals surface area contributed by atoms with Gasteiger partial charge in [-0.15, -0.1) is 0 Å². The first-order chi connectivity index (χ1) is 8.67. The van der Waals surface area contributed by atoms with Gasteiger partial charge in [0.1, 0.15) is 0 Å². The summed E-state index contributed by atoms with van der Waals surface area (Å²) in [6, 6.07) is 0.778. The average Bonchev–Trinajstić information content (AvgIpc) is 2.78. The summed E-state index contributed by atoms with van der Waals surface area (Å²) in [6.07, 6.45) is 7.94. The highest BCUT2D eigenvalue weighted by Crippen LogP contribution is 2.19. The highest BCUT2D eigenvalue weighted by molar-refractivity contribution is 4.80. The molecule has 0 amide bonds. The fraction of sp³-hybridized carbons (Fsp3) is 1.00. The van der Waals surface area contributed by atoms with Gasteiger partial charge in [0, 0.05) is 12.6 Å². The Morgan fingerprint density at radius 1 is 1.28 bits per heavy atom. The Morgan fingerprint density at radius 3 is 2.61 bits per heavy atom. The van der Waals surface area contributed by atoms with Gasteiger partial charge in [-0.1, -0.05) is 19.8 Å². The SMILES string of the molecule is CCCC(CCN)CCCN1CCC(N(C)C)C1. The van der Waals surface area contributed by atoms with E-state index in [-0.39, 0.29) is 0 Å². The first kappa shape index (κ1) is 15.9. The van der Waals surface area contributed by atoms with Crippen molar-refractivity contribution in [3.63, 3.8) is 0 Å². The van der Waals surface area contributed by atoms with E-state index in [1.807, 2.05) is 0 Å². The van der Waals surface area contributed by atoms with Crippen LogP contribution in [0, 0.1) is 5.92 Å². The van der Waals surface area contributed by atoms with Crippen molar-refractivity contribution in [3.8, 4) is 0 Å². The van der Waals surface area contributed by atoms with Crippen molar-refractivity contribution in [2.75, 3.05) is 40.3 Å². The molecule has 2 atom stereocenters. The summed E-state index contributed by atoms with van der Waals surface area (Å²) in [4.78, 5) is 5.00. The van der Waals surface area contributed by atoms with E-state index in [1.54, 1.807) is 0 Å². The largest absolute Gasteiger partial charge is 0.330 e. The summed E-state index contributed by atoms with van der Waals surface area (Å²) in [5, 5.41) is 0. The van der Waals surface area contributed by atoms with Crippen LogP contribution in [0.25, 0.3) is 0 Å². The molecule has 0 bridgehead atoms. The van der Waals surface area contributed by atoms with Crippen molar-refractivity contribution in [1.29, 1.82) is 0 Å². The Bertz CT molecular complexity index is 200. The van der Waals surface area contributed by atoms with Crippen LogP contribution in [-0.4, -0.2) is 56.1 Å². The molecular weight excluding hydrogens is 222 g/mol. The van der Waals surface area contributed by atoms with Crippen LogP contribution >= 0.6 is 0 Å². The second-order valence-corrected chi connectivity index (χ2v) is 6.08. The minimum absolute atomic E-state index is 0.778. The Morgan fingerprint density at radius 2 is 2.06 bits per heavy atom. The number of likely N-dealkylation sites (N-methyl/N-ethyl adjacent to an activating group) is 1. The van der Waals surface area contributed by atoms with Crippen molar-refractivity contribution in [2.24, 2.45) is 11.7 Å². The van der Waals surface area contributed by atoms with Crippen LogP contribution in [0.1, 0.15) is 45.4 Å². The monoisotopic (exact) mass is 255 g/mol. The lowest BCUT2D eigenvalue weighted by molar-refractivity contribution is 0.259. The van der Waals surface area contributed by atoms with Gasteiger partial charge in [0.05, 0.1) is 0 Å². The summed E-state index contributed by atoms with van der Waals surface area (Å²) in [6.45, 7) is 6.98. The van der Waals surface area contributed by atoms with Gasteiger partial charge in [0.15, 0.2) is 0 Å². The number of likely N-dealkylation sites (tertiary alicyclic amines) is 1. The normalized spacial score (nSPS) is 22.8. The molecule has 3 heteroatoms. The molecule has 0 radical (unpaired) electrons. The number of hydrogen-bond acceptors (Lipinski definition) is 3. The van der Waals surface area contributed by atoms with Crippen LogP contribution in [0.4, 0.5) is 0 Å². The Kier molecular flexibility index (Phi) is 7.87. The predicted octanol–water partition coefficient (Wildman–Crippen LogP) is 2.17. The summed E-state index contributed by atoms with van der Waals surface area (Å²) in [5.41, 5.74) is 5.69.